The van der Waals surface area contributed by atoms with Crippen molar-refractivity contribution in [2.45, 2.75) is 46.0 Å². The molecule has 0 N–H and O–H groups in total. The van der Waals surface area contributed by atoms with Gasteiger partial charge in [0, 0.05) is 0 Å². The average molecular weight is 443 g/mol. The van der Waals surface area contributed by atoms with Gasteiger partial charge in [0.2, 0.25) is 0 Å². The SMILES string of the molecule is C=CCCCCOc1ccc(OC(=O)c2ccc(-c3ccc(CC(C)CC)cc3)cc2)cc1. The fraction of sp³-hybridized carbons (Fsp3) is 0.300. The van der Waals surface area contributed by atoms with Gasteiger partial charge in [-0.1, -0.05) is 62.7 Å². The molecule has 172 valence electrons. The number of hydrogen-bond acceptors (Lipinski definition) is 3. The van der Waals surface area contributed by atoms with Crippen molar-refractivity contribution < 1.29 is 14.3 Å². The molecule has 1 unspecified atom stereocenters. The summed E-state index contributed by atoms with van der Waals surface area (Å²) >= 11 is 0. The van der Waals surface area contributed by atoms with Gasteiger partial charge in [-0.05, 0) is 84.7 Å². The lowest BCUT2D eigenvalue weighted by Crippen LogP contribution is -2.08. The molecule has 0 saturated carbocycles. The third-order valence-corrected chi connectivity index (χ3v) is 5.79. The van der Waals surface area contributed by atoms with Gasteiger partial charge in [-0.3, -0.25) is 0 Å². The minimum atomic E-state index is -0.372. The molecule has 0 aliphatic heterocycles. The van der Waals surface area contributed by atoms with Crippen molar-refractivity contribution in [1.29, 1.82) is 0 Å². The summed E-state index contributed by atoms with van der Waals surface area (Å²) < 4.78 is 11.2. The summed E-state index contributed by atoms with van der Waals surface area (Å²) in [6, 6.07) is 23.4. The molecule has 3 nitrogen and oxygen atoms in total. The Labute approximate surface area is 198 Å². The van der Waals surface area contributed by atoms with Gasteiger partial charge in [-0.25, -0.2) is 4.79 Å². The lowest BCUT2D eigenvalue weighted by Gasteiger charge is -2.10. The summed E-state index contributed by atoms with van der Waals surface area (Å²) in [6.45, 7) is 8.89. The minimum Gasteiger partial charge on any atom is -0.494 e. The Morgan fingerprint density at radius 2 is 1.48 bits per heavy atom. The number of benzene rings is 3. The summed E-state index contributed by atoms with van der Waals surface area (Å²) in [4.78, 5) is 12.5. The molecule has 0 amide bonds. The first-order valence-corrected chi connectivity index (χ1v) is 11.8. The van der Waals surface area contributed by atoms with Crippen LogP contribution in [0.15, 0.2) is 85.5 Å². The summed E-state index contributed by atoms with van der Waals surface area (Å²) in [5.41, 5.74) is 4.10. The maximum absolute atomic E-state index is 12.5. The quantitative estimate of drug-likeness (QED) is 0.124. The first kappa shape index (κ1) is 24.3. The predicted molar refractivity (Wildman–Crippen MR) is 136 cm³/mol. The fourth-order valence-electron chi connectivity index (χ4n) is 3.53. The summed E-state index contributed by atoms with van der Waals surface area (Å²) in [6.07, 6.45) is 7.27. The monoisotopic (exact) mass is 442 g/mol. The Hall–Kier alpha value is -3.33. The van der Waals surface area contributed by atoms with Crippen LogP contribution < -0.4 is 9.47 Å². The molecule has 0 heterocycles. The molecule has 0 spiro atoms. The molecular weight excluding hydrogens is 408 g/mol. The van der Waals surface area contributed by atoms with Crippen molar-refractivity contribution in [2.24, 2.45) is 5.92 Å². The van der Waals surface area contributed by atoms with Gasteiger partial charge < -0.3 is 9.47 Å². The van der Waals surface area contributed by atoms with Gasteiger partial charge in [0.1, 0.15) is 11.5 Å². The maximum atomic E-state index is 12.5. The smallest absolute Gasteiger partial charge is 0.343 e. The zero-order chi connectivity index (χ0) is 23.5. The topological polar surface area (TPSA) is 35.5 Å². The van der Waals surface area contributed by atoms with E-state index in [1.807, 2.05) is 42.5 Å². The highest BCUT2D eigenvalue weighted by atomic mass is 16.5. The number of unbranched alkanes of at least 4 members (excludes halogenated alkanes) is 2. The Bertz CT molecular complexity index is 1000. The van der Waals surface area contributed by atoms with Crippen LogP contribution in [0.1, 0.15) is 55.5 Å². The van der Waals surface area contributed by atoms with E-state index in [1.54, 1.807) is 12.1 Å². The van der Waals surface area contributed by atoms with Gasteiger partial charge in [0.25, 0.3) is 0 Å². The number of esters is 1. The third-order valence-electron chi connectivity index (χ3n) is 5.79. The molecular formula is C30H34O3. The first-order chi connectivity index (χ1) is 16.1. The van der Waals surface area contributed by atoms with E-state index in [0.29, 0.717) is 23.8 Å². The highest BCUT2D eigenvalue weighted by Gasteiger charge is 2.10. The first-order valence-electron chi connectivity index (χ1n) is 11.8. The van der Waals surface area contributed by atoms with Gasteiger partial charge in [-0.2, -0.15) is 0 Å². The Kier molecular flexibility index (Phi) is 9.31. The normalized spacial score (nSPS) is 11.6. The Morgan fingerprint density at radius 3 is 2.09 bits per heavy atom. The van der Waals surface area contributed by atoms with E-state index in [-0.39, 0.29) is 5.97 Å². The predicted octanol–water partition coefficient (Wildman–Crippen LogP) is 7.90. The van der Waals surface area contributed by atoms with Gasteiger partial charge >= 0.3 is 5.97 Å². The average Bonchev–Trinajstić information content (AvgIpc) is 2.85. The largest absolute Gasteiger partial charge is 0.494 e. The zero-order valence-electron chi connectivity index (χ0n) is 19.8. The van der Waals surface area contributed by atoms with Gasteiger partial charge in [-0.15, -0.1) is 6.58 Å². The van der Waals surface area contributed by atoms with Crippen LogP contribution in [0.25, 0.3) is 11.1 Å². The number of rotatable bonds is 12. The molecule has 0 aromatic heterocycles. The molecule has 3 aromatic rings. The van der Waals surface area contributed by atoms with Gasteiger partial charge in [0.05, 0.1) is 12.2 Å². The van der Waals surface area contributed by atoms with Crippen LogP contribution in [0.4, 0.5) is 0 Å². The minimum absolute atomic E-state index is 0.372. The molecule has 3 heteroatoms. The number of carbonyl (C=O) groups excluding carboxylic acids is 1. The van der Waals surface area contributed by atoms with Crippen LogP contribution in [0.2, 0.25) is 0 Å². The highest BCUT2D eigenvalue weighted by molar-refractivity contribution is 5.91. The number of hydrogen-bond donors (Lipinski definition) is 0. The number of carbonyl (C=O) groups is 1. The van der Waals surface area contributed by atoms with Crippen molar-refractivity contribution in [3.8, 4) is 22.6 Å². The molecule has 0 aliphatic carbocycles. The lowest BCUT2D eigenvalue weighted by atomic mass is 9.96. The van der Waals surface area contributed by atoms with E-state index >= 15 is 0 Å². The number of ether oxygens (including phenoxy) is 2. The van der Waals surface area contributed by atoms with Crippen LogP contribution >= 0.6 is 0 Å². The van der Waals surface area contributed by atoms with E-state index in [4.69, 9.17) is 9.47 Å². The van der Waals surface area contributed by atoms with E-state index < -0.39 is 0 Å². The summed E-state index contributed by atoms with van der Waals surface area (Å²) in [7, 11) is 0. The van der Waals surface area contributed by atoms with Crippen LogP contribution in [0.5, 0.6) is 11.5 Å². The van der Waals surface area contributed by atoms with Gasteiger partial charge in [0.15, 0.2) is 0 Å². The molecule has 0 fully saturated rings. The van der Waals surface area contributed by atoms with Crippen molar-refractivity contribution in [3.05, 3.63) is 96.6 Å². The van der Waals surface area contributed by atoms with E-state index in [9.17, 15) is 4.79 Å². The molecule has 0 bridgehead atoms. The standard InChI is InChI=1S/C30H34O3/c1-4-6-7-8-21-32-28-17-19-29(20-18-28)33-30(31)27-15-13-26(14-16-27)25-11-9-24(10-12-25)22-23(3)5-2/h4,9-20,23H,1,5-8,21-22H2,2-3H3. The van der Waals surface area contributed by atoms with E-state index in [2.05, 4.69) is 44.7 Å². The molecule has 0 aliphatic rings. The highest BCUT2D eigenvalue weighted by Crippen LogP contribution is 2.23. The van der Waals surface area contributed by atoms with E-state index in [0.717, 1.165) is 42.6 Å². The molecule has 3 rings (SSSR count). The second-order valence-corrected chi connectivity index (χ2v) is 8.49. The maximum Gasteiger partial charge on any atom is 0.343 e. The van der Waals surface area contributed by atoms with Crippen molar-refractivity contribution >= 4 is 5.97 Å². The Morgan fingerprint density at radius 1 is 0.879 bits per heavy atom. The van der Waals surface area contributed by atoms with Crippen molar-refractivity contribution in [3.63, 3.8) is 0 Å². The third kappa shape index (κ3) is 7.64. The van der Waals surface area contributed by atoms with E-state index in [1.165, 1.54) is 12.0 Å². The number of allylic oxidation sites excluding steroid dienone is 1. The molecule has 3 aromatic carbocycles. The molecule has 0 radical (unpaired) electrons. The zero-order valence-corrected chi connectivity index (χ0v) is 19.8. The van der Waals surface area contributed by atoms with Crippen molar-refractivity contribution in [1.82, 2.24) is 0 Å². The van der Waals surface area contributed by atoms with Crippen LogP contribution in [-0.2, 0) is 6.42 Å². The molecule has 33 heavy (non-hydrogen) atoms. The van der Waals surface area contributed by atoms with Crippen molar-refractivity contribution in [2.75, 3.05) is 6.61 Å². The second-order valence-electron chi connectivity index (χ2n) is 8.49. The van der Waals surface area contributed by atoms with Crippen LogP contribution in [0.3, 0.4) is 0 Å². The van der Waals surface area contributed by atoms with Crippen LogP contribution in [-0.4, -0.2) is 12.6 Å². The molecule has 0 saturated heterocycles. The fourth-order valence-corrected chi connectivity index (χ4v) is 3.53. The van der Waals surface area contributed by atoms with Crippen LogP contribution in [0, 0.1) is 5.92 Å². The Balaban J connectivity index is 1.53. The lowest BCUT2D eigenvalue weighted by molar-refractivity contribution is 0.0734. The summed E-state index contributed by atoms with van der Waals surface area (Å²) in [5, 5.41) is 0. The second kappa shape index (κ2) is 12.6. The summed E-state index contributed by atoms with van der Waals surface area (Å²) in [5.74, 6) is 1.59. The molecule has 1 atom stereocenters.